The van der Waals surface area contributed by atoms with Gasteiger partial charge in [-0.05, 0) is 55.0 Å². The summed E-state index contributed by atoms with van der Waals surface area (Å²) >= 11 is 13.7. The van der Waals surface area contributed by atoms with Crippen LogP contribution in [0.3, 0.4) is 0 Å². The molecule has 0 amide bonds. The van der Waals surface area contributed by atoms with Gasteiger partial charge in [0.25, 0.3) is 5.56 Å². The van der Waals surface area contributed by atoms with Crippen molar-refractivity contribution in [2.24, 2.45) is 4.99 Å². The molecule has 0 spiro atoms. The lowest BCUT2D eigenvalue weighted by atomic mass is 9.93. The maximum atomic E-state index is 14.1. The molecule has 216 valence electrons. The Morgan fingerprint density at radius 2 is 1.86 bits per heavy atom. The van der Waals surface area contributed by atoms with E-state index in [1.165, 1.54) is 15.9 Å². The molecular formula is C33H24Cl2N2O5S. The first-order valence-electron chi connectivity index (χ1n) is 13.4. The Morgan fingerprint density at radius 3 is 2.63 bits per heavy atom. The third kappa shape index (κ3) is 5.57. The Kier molecular flexibility index (Phi) is 8.08. The summed E-state index contributed by atoms with van der Waals surface area (Å²) in [6.45, 7) is 1.90. The van der Waals surface area contributed by atoms with Crippen molar-refractivity contribution in [3.05, 3.63) is 137 Å². The van der Waals surface area contributed by atoms with Gasteiger partial charge in [-0.3, -0.25) is 9.36 Å². The average Bonchev–Trinajstić information content (AvgIpc) is 3.62. The zero-order valence-corrected chi connectivity index (χ0v) is 25.4. The Balaban J connectivity index is 1.57. The molecule has 1 atom stereocenters. The van der Waals surface area contributed by atoms with Gasteiger partial charge >= 0.3 is 5.97 Å². The molecule has 2 aromatic heterocycles. The monoisotopic (exact) mass is 630 g/mol. The van der Waals surface area contributed by atoms with E-state index in [1.54, 1.807) is 56.5 Å². The predicted molar refractivity (Wildman–Crippen MR) is 168 cm³/mol. The predicted octanol–water partition coefficient (Wildman–Crippen LogP) is 6.51. The lowest BCUT2D eigenvalue weighted by Gasteiger charge is -2.26. The van der Waals surface area contributed by atoms with Crippen LogP contribution in [0, 0.1) is 0 Å². The highest BCUT2D eigenvalue weighted by molar-refractivity contribution is 7.07. The minimum atomic E-state index is -0.819. The van der Waals surface area contributed by atoms with Gasteiger partial charge < -0.3 is 13.9 Å². The fourth-order valence-electron chi connectivity index (χ4n) is 4.96. The summed E-state index contributed by atoms with van der Waals surface area (Å²) in [5.74, 6) is 0.990. The minimum absolute atomic E-state index is 0.164. The molecule has 43 heavy (non-hydrogen) atoms. The number of halogens is 2. The maximum absolute atomic E-state index is 14.1. The van der Waals surface area contributed by atoms with Crippen LogP contribution in [0.1, 0.15) is 29.9 Å². The maximum Gasteiger partial charge on any atom is 0.338 e. The van der Waals surface area contributed by atoms with Crippen molar-refractivity contribution in [3.8, 4) is 17.1 Å². The van der Waals surface area contributed by atoms with Crippen molar-refractivity contribution in [1.29, 1.82) is 0 Å². The highest BCUT2D eigenvalue weighted by Crippen LogP contribution is 2.36. The van der Waals surface area contributed by atoms with Crippen LogP contribution in [0.25, 0.3) is 23.1 Å². The number of benzene rings is 3. The van der Waals surface area contributed by atoms with Gasteiger partial charge in [0.15, 0.2) is 4.80 Å². The van der Waals surface area contributed by atoms with E-state index in [9.17, 15) is 9.59 Å². The number of carbonyl (C=O) groups excluding carboxylic acids is 1. The molecule has 10 heteroatoms. The molecule has 7 nitrogen and oxygen atoms in total. The molecule has 0 radical (unpaired) electrons. The SMILES string of the molecule is CCOC(=O)C1=C(c2ccccc2)N=c2s/c(=C\c3ccc(-c4cc(Cl)ccc4Cl)o3)c(=O)n2[C@H]1c1cccc(OC)c1. The molecule has 3 heterocycles. The fourth-order valence-corrected chi connectivity index (χ4v) is 6.32. The van der Waals surface area contributed by atoms with Crippen molar-refractivity contribution < 1.29 is 18.7 Å². The standard InChI is InChI=1S/C33H24Cl2N2O5S/c1-3-41-32(39)28-29(19-8-5-4-6-9-19)36-33-37(30(28)20-10-7-11-22(16-20)40-2)31(38)27(43-33)18-23-13-15-26(42-23)24-17-21(34)12-14-25(24)35/h4-18,30H,3H2,1-2H3/b27-18-/t30-/m0/s1. The number of rotatable bonds is 7. The van der Waals surface area contributed by atoms with Crippen molar-refractivity contribution in [2.75, 3.05) is 13.7 Å². The van der Waals surface area contributed by atoms with E-state index in [1.807, 2.05) is 48.5 Å². The smallest absolute Gasteiger partial charge is 0.338 e. The number of esters is 1. The van der Waals surface area contributed by atoms with Crippen LogP contribution in [0.4, 0.5) is 0 Å². The van der Waals surface area contributed by atoms with Gasteiger partial charge in [0.2, 0.25) is 0 Å². The summed E-state index contributed by atoms with van der Waals surface area (Å²) in [7, 11) is 1.57. The van der Waals surface area contributed by atoms with Crippen LogP contribution in [-0.2, 0) is 9.53 Å². The van der Waals surface area contributed by atoms with Crippen LogP contribution in [0.2, 0.25) is 10.0 Å². The Labute approximate surface area is 260 Å². The van der Waals surface area contributed by atoms with Gasteiger partial charge in [-0.25, -0.2) is 9.79 Å². The van der Waals surface area contributed by atoms with Gasteiger partial charge in [-0.1, -0.05) is 77.0 Å². The molecule has 1 aliphatic heterocycles. The number of ether oxygens (including phenoxy) is 2. The van der Waals surface area contributed by atoms with E-state index in [-0.39, 0.29) is 17.7 Å². The number of hydrogen-bond acceptors (Lipinski definition) is 7. The first kappa shape index (κ1) is 28.7. The Bertz CT molecular complexity index is 2060. The van der Waals surface area contributed by atoms with Crippen LogP contribution >= 0.6 is 34.5 Å². The number of thiazole rings is 1. The third-order valence-corrected chi connectivity index (χ3v) is 8.42. The first-order valence-corrected chi connectivity index (χ1v) is 14.9. The molecule has 5 aromatic rings. The first-order chi connectivity index (χ1) is 20.9. The molecule has 1 aliphatic rings. The molecule has 0 N–H and O–H groups in total. The average molecular weight is 632 g/mol. The second-order valence-electron chi connectivity index (χ2n) is 9.53. The summed E-state index contributed by atoms with van der Waals surface area (Å²) in [5.41, 5.74) is 2.41. The molecule has 6 rings (SSSR count). The van der Waals surface area contributed by atoms with Crippen molar-refractivity contribution >= 4 is 52.3 Å². The van der Waals surface area contributed by atoms with Gasteiger partial charge in [-0.15, -0.1) is 0 Å². The second-order valence-corrected chi connectivity index (χ2v) is 11.4. The van der Waals surface area contributed by atoms with Crippen molar-refractivity contribution in [2.45, 2.75) is 13.0 Å². The lowest BCUT2D eigenvalue weighted by Crippen LogP contribution is -2.40. The van der Waals surface area contributed by atoms with Gasteiger partial charge in [0.1, 0.15) is 17.3 Å². The highest BCUT2D eigenvalue weighted by Gasteiger charge is 2.35. The van der Waals surface area contributed by atoms with E-state index in [4.69, 9.17) is 42.1 Å². The Morgan fingerprint density at radius 1 is 1.05 bits per heavy atom. The Hall–Kier alpha value is -4.37. The fraction of sp³-hybridized carbons (Fsp3) is 0.121. The number of hydrogen-bond donors (Lipinski definition) is 0. The van der Waals surface area contributed by atoms with Gasteiger partial charge in [0, 0.05) is 22.2 Å². The normalized spacial score (nSPS) is 14.8. The quantitative estimate of drug-likeness (QED) is 0.191. The molecule has 0 fully saturated rings. The van der Waals surface area contributed by atoms with Crippen LogP contribution in [0.15, 0.2) is 105 Å². The number of aromatic nitrogens is 1. The van der Waals surface area contributed by atoms with Gasteiger partial charge in [-0.2, -0.15) is 0 Å². The molecule has 0 bridgehead atoms. The molecule has 0 saturated carbocycles. The number of methoxy groups -OCH3 is 1. The number of fused-ring (bicyclic) bond motifs is 1. The summed E-state index contributed by atoms with van der Waals surface area (Å²) in [6.07, 6.45) is 1.66. The van der Waals surface area contributed by atoms with E-state index >= 15 is 0 Å². The molecule has 3 aromatic carbocycles. The molecule has 0 aliphatic carbocycles. The van der Waals surface area contributed by atoms with Crippen LogP contribution in [0.5, 0.6) is 5.75 Å². The minimum Gasteiger partial charge on any atom is -0.497 e. The lowest BCUT2D eigenvalue weighted by molar-refractivity contribution is -0.138. The largest absolute Gasteiger partial charge is 0.497 e. The summed E-state index contributed by atoms with van der Waals surface area (Å²) in [4.78, 5) is 33.0. The van der Waals surface area contributed by atoms with E-state index < -0.39 is 12.0 Å². The van der Waals surface area contributed by atoms with Crippen LogP contribution in [-0.4, -0.2) is 24.3 Å². The zero-order valence-electron chi connectivity index (χ0n) is 23.0. The molecule has 0 saturated heterocycles. The number of furan rings is 1. The number of nitrogens with zero attached hydrogens (tertiary/aromatic N) is 2. The van der Waals surface area contributed by atoms with E-state index in [0.717, 1.165) is 5.56 Å². The summed E-state index contributed by atoms with van der Waals surface area (Å²) < 4.78 is 19.0. The van der Waals surface area contributed by atoms with Crippen LogP contribution < -0.4 is 19.6 Å². The number of carbonyl (C=O) groups is 1. The summed E-state index contributed by atoms with van der Waals surface area (Å²) in [6, 6.07) is 24.5. The van der Waals surface area contributed by atoms with E-state index in [2.05, 4.69) is 0 Å². The van der Waals surface area contributed by atoms with Gasteiger partial charge in [0.05, 0.1) is 40.6 Å². The zero-order chi connectivity index (χ0) is 30.1. The van der Waals surface area contributed by atoms with E-state index in [0.29, 0.717) is 53.5 Å². The molecular weight excluding hydrogens is 607 g/mol. The highest BCUT2D eigenvalue weighted by atomic mass is 35.5. The third-order valence-electron chi connectivity index (χ3n) is 6.88. The summed E-state index contributed by atoms with van der Waals surface area (Å²) in [5, 5.41) is 1.01. The second kappa shape index (κ2) is 12.1. The van der Waals surface area contributed by atoms with Crippen molar-refractivity contribution in [3.63, 3.8) is 0 Å². The molecule has 0 unspecified atom stereocenters. The topological polar surface area (TPSA) is 83.0 Å². The van der Waals surface area contributed by atoms with Crippen molar-refractivity contribution in [1.82, 2.24) is 4.57 Å².